The second-order valence-corrected chi connectivity index (χ2v) is 5.91. The van der Waals surface area contributed by atoms with Crippen molar-refractivity contribution >= 4 is 40.1 Å². The lowest BCUT2D eigenvalue weighted by atomic mass is 10.1. The first-order chi connectivity index (χ1) is 9.20. The number of hydrogen-bond donors (Lipinski definition) is 0. The smallest absolute Gasteiger partial charge is 0.200 e. The first-order valence-electron chi connectivity index (χ1n) is 5.75. The maximum atomic E-state index is 12.0. The fourth-order valence-corrected chi connectivity index (χ4v) is 2.52. The van der Waals surface area contributed by atoms with Crippen molar-refractivity contribution in [1.29, 1.82) is 0 Å². The molecule has 0 aromatic heterocycles. The third-order valence-corrected chi connectivity index (χ3v) is 4.24. The molecule has 2 aromatic carbocycles. The zero-order valence-electron chi connectivity index (χ0n) is 10.4. The van der Waals surface area contributed by atoms with E-state index in [1.165, 1.54) is 0 Å². The van der Waals surface area contributed by atoms with Crippen LogP contribution in [-0.4, -0.2) is 18.6 Å². The summed E-state index contributed by atoms with van der Waals surface area (Å²) in [7, 11) is 0. The summed E-state index contributed by atoms with van der Waals surface area (Å²) in [4.78, 5) is 13.1. The summed E-state index contributed by atoms with van der Waals surface area (Å²) in [5.41, 5.74) is 0.684. The predicted octanol–water partition coefficient (Wildman–Crippen LogP) is 4.27. The third kappa shape index (κ3) is 3.98. The van der Waals surface area contributed by atoms with Crippen LogP contribution in [0.25, 0.3) is 0 Å². The number of carbonyl (C=O) groups is 1. The average molecular weight is 384 g/mol. The molecule has 0 aliphatic carbocycles. The highest BCUT2D eigenvalue weighted by Gasteiger charge is 2.08. The average Bonchev–Trinajstić information content (AvgIpc) is 2.46. The van der Waals surface area contributed by atoms with Crippen molar-refractivity contribution in [2.75, 3.05) is 12.9 Å². The number of carbonyl (C=O) groups excluding carboxylic acids is 1. The van der Waals surface area contributed by atoms with Crippen LogP contribution in [0.15, 0.2) is 53.4 Å². The Morgan fingerprint density at radius 3 is 2.47 bits per heavy atom. The SMILES string of the molecule is CSc1ccc(C(=O)COc2ccccc2I)cc1. The third-order valence-electron chi connectivity index (χ3n) is 2.61. The Morgan fingerprint density at radius 1 is 1.16 bits per heavy atom. The molecule has 0 fully saturated rings. The first kappa shape index (κ1) is 14.4. The van der Waals surface area contributed by atoms with Gasteiger partial charge in [0.05, 0.1) is 3.57 Å². The van der Waals surface area contributed by atoms with Gasteiger partial charge in [-0.25, -0.2) is 0 Å². The Balaban J connectivity index is 1.99. The number of para-hydroxylation sites is 1. The Labute approximate surface area is 130 Å². The summed E-state index contributed by atoms with van der Waals surface area (Å²) in [6.07, 6.45) is 2.01. The normalized spacial score (nSPS) is 10.2. The minimum absolute atomic E-state index is 0.00712. The van der Waals surface area contributed by atoms with Crippen molar-refractivity contribution in [2.24, 2.45) is 0 Å². The van der Waals surface area contributed by atoms with Crippen molar-refractivity contribution in [3.8, 4) is 5.75 Å². The molecule has 0 radical (unpaired) electrons. The standard InChI is InChI=1S/C15H13IO2S/c1-19-12-8-6-11(7-9-12)14(17)10-18-15-5-3-2-4-13(15)16/h2-9H,10H2,1H3. The molecule has 0 N–H and O–H groups in total. The molecule has 2 aromatic rings. The fourth-order valence-electron chi connectivity index (χ4n) is 1.57. The molecule has 0 aliphatic heterocycles. The molecule has 0 saturated carbocycles. The maximum Gasteiger partial charge on any atom is 0.200 e. The van der Waals surface area contributed by atoms with Crippen molar-refractivity contribution in [3.05, 3.63) is 57.7 Å². The number of Topliss-reactive ketones (excluding diaryl/α,β-unsaturated/α-hetero) is 1. The Bertz CT molecular complexity index is 567. The highest BCUT2D eigenvalue weighted by molar-refractivity contribution is 14.1. The second-order valence-electron chi connectivity index (χ2n) is 3.87. The van der Waals surface area contributed by atoms with E-state index in [1.807, 2.05) is 54.8 Å². The van der Waals surface area contributed by atoms with E-state index in [9.17, 15) is 4.79 Å². The van der Waals surface area contributed by atoms with Gasteiger partial charge in [0.25, 0.3) is 0 Å². The van der Waals surface area contributed by atoms with Gasteiger partial charge in [-0.1, -0.05) is 24.3 Å². The van der Waals surface area contributed by atoms with E-state index in [2.05, 4.69) is 22.6 Å². The van der Waals surface area contributed by atoms with Crippen LogP contribution in [0.1, 0.15) is 10.4 Å². The van der Waals surface area contributed by atoms with Gasteiger partial charge in [-0.3, -0.25) is 4.79 Å². The molecular formula is C15H13IO2S. The van der Waals surface area contributed by atoms with Crippen molar-refractivity contribution in [2.45, 2.75) is 4.90 Å². The molecule has 98 valence electrons. The van der Waals surface area contributed by atoms with Crippen molar-refractivity contribution in [1.82, 2.24) is 0 Å². The molecule has 2 nitrogen and oxygen atoms in total. The minimum Gasteiger partial charge on any atom is -0.484 e. The van der Waals surface area contributed by atoms with Gasteiger partial charge in [-0.15, -0.1) is 11.8 Å². The lowest BCUT2D eigenvalue weighted by Gasteiger charge is -2.07. The monoisotopic (exact) mass is 384 g/mol. The number of halogens is 1. The van der Waals surface area contributed by atoms with Crippen LogP contribution < -0.4 is 4.74 Å². The fraction of sp³-hybridized carbons (Fsp3) is 0.133. The summed E-state index contributed by atoms with van der Waals surface area (Å²) >= 11 is 3.85. The molecule has 0 atom stereocenters. The number of ether oxygens (including phenoxy) is 1. The van der Waals surface area contributed by atoms with E-state index in [0.717, 1.165) is 14.2 Å². The van der Waals surface area contributed by atoms with E-state index in [1.54, 1.807) is 11.8 Å². The van der Waals surface area contributed by atoms with Gasteiger partial charge < -0.3 is 4.74 Å². The lowest BCUT2D eigenvalue weighted by Crippen LogP contribution is -2.11. The maximum absolute atomic E-state index is 12.0. The number of ketones is 1. The van der Waals surface area contributed by atoms with Crippen LogP contribution in [0.2, 0.25) is 0 Å². The van der Waals surface area contributed by atoms with Gasteiger partial charge >= 0.3 is 0 Å². The van der Waals surface area contributed by atoms with E-state index in [0.29, 0.717) is 5.56 Å². The molecule has 0 amide bonds. The van der Waals surface area contributed by atoms with Gasteiger partial charge in [0, 0.05) is 10.5 Å². The first-order valence-corrected chi connectivity index (χ1v) is 8.05. The number of rotatable bonds is 5. The summed E-state index contributed by atoms with van der Waals surface area (Å²) in [5, 5.41) is 0. The molecule has 4 heteroatoms. The van der Waals surface area contributed by atoms with E-state index >= 15 is 0 Å². The van der Waals surface area contributed by atoms with Crippen LogP contribution in [0.4, 0.5) is 0 Å². The Kier molecular flexibility index (Phi) is 5.27. The molecule has 0 bridgehead atoms. The highest BCUT2D eigenvalue weighted by atomic mass is 127. The molecular weight excluding hydrogens is 371 g/mol. The van der Waals surface area contributed by atoms with Gasteiger partial charge in [0.2, 0.25) is 0 Å². The van der Waals surface area contributed by atoms with E-state index < -0.39 is 0 Å². The van der Waals surface area contributed by atoms with Gasteiger partial charge in [-0.05, 0) is 53.1 Å². The van der Waals surface area contributed by atoms with Crippen LogP contribution in [0.5, 0.6) is 5.75 Å². The molecule has 0 heterocycles. The summed E-state index contributed by atoms with van der Waals surface area (Å²) in [6, 6.07) is 15.2. The van der Waals surface area contributed by atoms with Gasteiger partial charge in [0.15, 0.2) is 12.4 Å². The quantitative estimate of drug-likeness (QED) is 0.438. The number of thioether (sulfide) groups is 1. The molecule has 2 rings (SSSR count). The molecule has 0 aliphatic rings. The molecule has 0 saturated heterocycles. The van der Waals surface area contributed by atoms with Gasteiger partial charge in [-0.2, -0.15) is 0 Å². The van der Waals surface area contributed by atoms with Crippen LogP contribution in [0.3, 0.4) is 0 Å². The molecule has 19 heavy (non-hydrogen) atoms. The highest BCUT2D eigenvalue weighted by Crippen LogP contribution is 2.20. The van der Waals surface area contributed by atoms with Gasteiger partial charge in [0.1, 0.15) is 5.75 Å². The van der Waals surface area contributed by atoms with Crippen LogP contribution >= 0.6 is 34.4 Å². The summed E-state index contributed by atoms with van der Waals surface area (Å²) in [6.45, 7) is 0.0681. The van der Waals surface area contributed by atoms with E-state index in [-0.39, 0.29) is 12.4 Å². The zero-order valence-corrected chi connectivity index (χ0v) is 13.4. The number of benzene rings is 2. The second kappa shape index (κ2) is 6.96. The summed E-state index contributed by atoms with van der Waals surface area (Å²) < 4.78 is 6.55. The Morgan fingerprint density at radius 2 is 1.84 bits per heavy atom. The molecule has 0 spiro atoms. The zero-order chi connectivity index (χ0) is 13.7. The largest absolute Gasteiger partial charge is 0.484 e. The minimum atomic E-state index is -0.00712. The lowest BCUT2D eigenvalue weighted by molar-refractivity contribution is 0.0921. The summed E-state index contributed by atoms with van der Waals surface area (Å²) in [5.74, 6) is 0.740. The molecule has 0 unspecified atom stereocenters. The van der Waals surface area contributed by atoms with Crippen LogP contribution in [0, 0.1) is 3.57 Å². The number of hydrogen-bond acceptors (Lipinski definition) is 3. The topological polar surface area (TPSA) is 26.3 Å². The van der Waals surface area contributed by atoms with Crippen LogP contribution in [-0.2, 0) is 0 Å². The van der Waals surface area contributed by atoms with Crippen molar-refractivity contribution in [3.63, 3.8) is 0 Å². The predicted molar refractivity (Wildman–Crippen MR) is 87.2 cm³/mol. The Hall–Kier alpha value is -1.01. The van der Waals surface area contributed by atoms with E-state index in [4.69, 9.17) is 4.74 Å². The van der Waals surface area contributed by atoms with Crippen molar-refractivity contribution < 1.29 is 9.53 Å².